The standard InChI is InChI=1S/C18H14/c1-12-8-9-16-15(10-12)11-14-6-2-4-13-5-3-7-17(16)18(13)14/h2-10H,11H2,1H3. The zero-order valence-corrected chi connectivity index (χ0v) is 10.4. The molecule has 0 N–H and O–H groups in total. The van der Waals surface area contributed by atoms with Crippen molar-refractivity contribution in [3.8, 4) is 11.1 Å². The van der Waals surface area contributed by atoms with Crippen LogP contribution >= 0.6 is 0 Å². The number of hydrogen-bond acceptors (Lipinski definition) is 0. The molecule has 86 valence electrons. The monoisotopic (exact) mass is 230 g/mol. The van der Waals surface area contributed by atoms with Gasteiger partial charge in [0.05, 0.1) is 0 Å². The summed E-state index contributed by atoms with van der Waals surface area (Å²) >= 11 is 0. The molecule has 4 rings (SSSR count). The van der Waals surface area contributed by atoms with Gasteiger partial charge >= 0.3 is 0 Å². The molecule has 0 heterocycles. The van der Waals surface area contributed by atoms with Crippen LogP contribution in [0.1, 0.15) is 16.7 Å². The molecule has 0 aromatic heterocycles. The Morgan fingerprint density at radius 3 is 2.50 bits per heavy atom. The van der Waals surface area contributed by atoms with Crippen molar-refractivity contribution >= 4 is 10.8 Å². The van der Waals surface area contributed by atoms with E-state index in [1.807, 2.05) is 0 Å². The van der Waals surface area contributed by atoms with Gasteiger partial charge < -0.3 is 0 Å². The van der Waals surface area contributed by atoms with E-state index in [-0.39, 0.29) is 0 Å². The molecule has 18 heavy (non-hydrogen) atoms. The minimum Gasteiger partial charge on any atom is -0.0613 e. The predicted molar refractivity (Wildman–Crippen MR) is 76.9 cm³/mol. The first-order valence-corrected chi connectivity index (χ1v) is 6.43. The van der Waals surface area contributed by atoms with E-state index in [0.29, 0.717) is 0 Å². The fraction of sp³-hybridized carbons (Fsp3) is 0.111. The van der Waals surface area contributed by atoms with Gasteiger partial charge in [-0.2, -0.15) is 0 Å². The molecule has 3 aromatic rings. The van der Waals surface area contributed by atoms with Crippen molar-refractivity contribution in [3.63, 3.8) is 0 Å². The van der Waals surface area contributed by atoms with Gasteiger partial charge in [-0.3, -0.25) is 0 Å². The largest absolute Gasteiger partial charge is 0.0613 e. The molecule has 1 aliphatic carbocycles. The summed E-state index contributed by atoms with van der Waals surface area (Å²) in [5.41, 5.74) is 7.07. The van der Waals surface area contributed by atoms with Gasteiger partial charge in [0.25, 0.3) is 0 Å². The van der Waals surface area contributed by atoms with Crippen molar-refractivity contribution in [1.82, 2.24) is 0 Å². The highest BCUT2D eigenvalue weighted by molar-refractivity contribution is 6.01. The zero-order chi connectivity index (χ0) is 12.1. The molecule has 0 saturated carbocycles. The Bertz CT molecular complexity index is 761. The third-order valence-corrected chi connectivity index (χ3v) is 3.92. The minimum atomic E-state index is 1.06. The Morgan fingerprint density at radius 1 is 0.778 bits per heavy atom. The molecule has 0 spiro atoms. The average molecular weight is 230 g/mol. The third-order valence-electron chi connectivity index (χ3n) is 3.92. The Balaban J connectivity index is 2.17. The lowest BCUT2D eigenvalue weighted by atomic mass is 9.83. The second-order valence-corrected chi connectivity index (χ2v) is 5.16. The molecular formula is C18H14. The number of rotatable bonds is 0. The van der Waals surface area contributed by atoms with Gasteiger partial charge in [-0.25, -0.2) is 0 Å². The van der Waals surface area contributed by atoms with Crippen LogP contribution in [0.3, 0.4) is 0 Å². The van der Waals surface area contributed by atoms with Gasteiger partial charge in [0.1, 0.15) is 0 Å². The molecular weight excluding hydrogens is 216 g/mol. The lowest BCUT2D eigenvalue weighted by Crippen LogP contribution is -2.01. The molecule has 3 aromatic carbocycles. The summed E-state index contributed by atoms with van der Waals surface area (Å²) in [5.74, 6) is 0. The first kappa shape index (κ1) is 9.90. The van der Waals surface area contributed by atoms with Crippen molar-refractivity contribution in [2.24, 2.45) is 0 Å². The number of hydrogen-bond donors (Lipinski definition) is 0. The topological polar surface area (TPSA) is 0 Å². The maximum Gasteiger partial charge on any atom is -0.00131 e. The van der Waals surface area contributed by atoms with Gasteiger partial charge in [-0.05, 0) is 46.4 Å². The first-order chi connectivity index (χ1) is 8.83. The van der Waals surface area contributed by atoms with E-state index in [4.69, 9.17) is 0 Å². The molecule has 0 fully saturated rings. The van der Waals surface area contributed by atoms with Gasteiger partial charge in [0.15, 0.2) is 0 Å². The van der Waals surface area contributed by atoms with Crippen LogP contribution in [-0.4, -0.2) is 0 Å². The highest BCUT2D eigenvalue weighted by atomic mass is 14.2. The zero-order valence-electron chi connectivity index (χ0n) is 10.4. The van der Waals surface area contributed by atoms with E-state index in [2.05, 4.69) is 61.5 Å². The predicted octanol–water partition coefficient (Wildman–Crippen LogP) is 4.72. The second kappa shape index (κ2) is 3.46. The summed E-state index contributed by atoms with van der Waals surface area (Å²) in [6.07, 6.45) is 1.06. The summed E-state index contributed by atoms with van der Waals surface area (Å²) in [7, 11) is 0. The molecule has 0 nitrogen and oxygen atoms in total. The molecule has 0 saturated heterocycles. The fourth-order valence-corrected chi connectivity index (χ4v) is 3.13. The first-order valence-electron chi connectivity index (χ1n) is 6.43. The van der Waals surface area contributed by atoms with Crippen LogP contribution in [-0.2, 0) is 6.42 Å². The van der Waals surface area contributed by atoms with Crippen LogP contribution in [0.4, 0.5) is 0 Å². The normalized spacial score (nSPS) is 12.5. The highest BCUT2D eigenvalue weighted by Gasteiger charge is 2.17. The maximum atomic E-state index is 2.32. The maximum absolute atomic E-state index is 2.32. The van der Waals surface area contributed by atoms with E-state index in [0.717, 1.165) is 6.42 Å². The van der Waals surface area contributed by atoms with Gasteiger partial charge in [0.2, 0.25) is 0 Å². The smallest absolute Gasteiger partial charge is 0.00131 e. The quantitative estimate of drug-likeness (QED) is 0.410. The van der Waals surface area contributed by atoms with Gasteiger partial charge in [-0.15, -0.1) is 0 Å². The third kappa shape index (κ3) is 1.26. The number of benzene rings is 3. The van der Waals surface area contributed by atoms with Crippen LogP contribution in [0, 0.1) is 6.92 Å². The second-order valence-electron chi connectivity index (χ2n) is 5.16. The Morgan fingerprint density at radius 2 is 1.61 bits per heavy atom. The Kier molecular flexibility index (Phi) is 1.90. The molecule has 0 heteroatoms. The molecule has 0 bridgehead atoms. The van der Waals surface area contributed by atoms with Crippen LogP contribution in [0.5, 0.6) is 0 Å². The van der Waals surface area contributed by atoms with Crippen LogP contribution < -0.4 is 0 Å². The highest BCUT2D eigenvalue weighted by Crippen LogP contribution is 2.39. The van der Waals surface area contributed by atoms with Crippen molar-refractivity contribution in [1.29, 1.82) is 0 Å². The average Bonchev–Trinajstić information content (AvgIpc) is 2.39. The van der Waals surface area contributed by atoms with E-state index in [1.54, 1.807) is 0 Å². The van der Waals surface area contributed by atoms with Crippen molar-refractivity contribution in [2.75, 3.05) is 0 Å². The fourth-order valence-electron chi connectivity index (χ4n) is 3.13. The Hall–Kier alpha value is -2.08. The Labute approximate surface area is 107 Å². The number of fused-ring (bicyclic) bond motifs is 2. The van der Waals surface area contributed by atoms with Crippen LogP contribution in [0.2, 0.25) is 0 Å². The van der Waals surface area contributed by atoms with Gasteiger partial charge in [-0.1, -0.05) is 60.2 Å². The van der Waals surface area contributed by atoms with Crippen molar-refractivity contribution < 1.29 is 0 Å². The molecule has 0 amide bonds. The summed E-state index contributed by atoms with van der Waals surface area (Å²) in [6.45, 7) is 2.17. The lowest BCUT2D eigenvalue weighted by Gasteiger charge is -2.21. The summed E-state index contributed by atoms with van der Waals surface area (Å²) in [6, 6.07) is 20.1. The molecule has 0 unspecified atom stereocenters. The SMILES string of the molecule is Cc1ccc2c(c1)Cc1cccc3cccc-2c13. The van der Waals surface area contributed by atoms with E-state index in [9.17, 15) is 0 Å². The minimum absolute atomic E-state index is 1.06. The lowest BCUT2D eigenvalue weighted by molar-refractivity contribution is 1.19. The molecule has 0 radical (unpaired) electrons. The molecule has 0 aliphatic heterocycles. The molecule has 1 aliphatic rings. The van der Waals surface area contributed by atoms with Crippen molar-refractivity contribution in [2.45, 2.75) is 13.3 Å². The summed E-state index contributed by atoms with van der Waals surface area (Å²) < 4.78 is 0. The molecule has 0 atom stereocenters. The van der Waals surface area contributed by atoms with E-state index in [1.165, 1.54) is 38.6 Å². The van der Waals surface area contributed by atoms with Crippen LogP contribution in [0.15, 0.2) is 54.6 Å². The van der Waals surface area contributed by atoms with E-state index >= 15 is 0 Å². The summed E-state index contributed by atoms with van der Waals surface area (Å²) in [5, 5.41) is 2.80. The van der Waals surface area contributed by atoms with Crippen molar-refractivity contribution in [3.05, 3.63) is 71.3 Å². The van der Waals surface area contributed by atoms with E-state index < -0.39 is 0 Å². The van der Waals surface area contributed by atoms with Gasteiger partial charge in [0, 0.05) is 0 Å². The van der Waals surface area contributed by atoms with Crippen LogP contribution in [0.25, 0.3) is 21.9 Å². The summed E-state index contributed by atoms with van der Waals surface area (Å²) in [4.78, 5) is 0. The number of aryl methyl sites for hydroxylation is 1.